The van der Waals surface area contributed by atoms with E-state index in [0.717, 1.165) is 28.3 Å². The van der Waals surface area contributed by atoms with Crippen molar-refractivity contribution < 1.29 is 18.7 Å². The standard InChI is InChI=1S/C23H26N2O4/c1-15-7-9-19(10-8-15)13-24-22(26)18(4)29-23(27)21-12-16(2)25(17(21)3)14-20-6-5-11-28-20/h5-12,18H,13-14H2,1-4H3,(H,24,26)/t18-/m1/s1. The number of hydrogen-bond donors (Lipinski definition) is 1. The molecule has 1 aromatic carbocycles. The van der Waals surface area contributed by atoms with Crippen molar-refractivity contribution in [2.45, 2.75) is 46.9 Å². The predicted molar refractivity (Wildman–Crippen MR) is 110 cm³/mol. The Hall–Kier alpha value is -3.28. The smallest absolute Gasteiger partial charge is 0.340 e. The van der Waals surface area contributed by atoms with Crippen LogP contribution in [0.15, 0.2) is 53.1 Å². The first-order valence-electron chi connectivity index (χ1n) is 9.58. The molecular formula is C23H26N2O4. The zero-order valence-corrected chi connectivity index (χ0v) is 17.2. The molecule has 2 heterocycles. The van der Waals surface area contributed by atoms with E-state index in [9.17, 15) is 9.59 Å². The van der Waals surface area contributed by atoms with Crippen molar-refractivity contribution in [3.8, 4) is 0 Å². The normalized spacial score (nSPS) is 11.9. The Balaban J connectivity index is 1.60. The second-order valence-electron chi connectivity index (χ2n) is 7.20. The number of aryl methyl sites for hydroxylation is 2. The lowest BCUT2D eigenvalue weighted by atomic mass is 10.1. The van der Waals surface area contributed by atoms with Crippen molar-refractivity contribution in [3.63, 3.8) is 0 Å². The van der Waals surface area contributed by atoms with Gasteiger partial charge in [0.1, 0.15) is 5.76 Å². The summed E-state index contributed by atoms with van der Waals surface area (Å²) in [4.78, 5) is 24.9. The Kier molecular flexibility index (Phi) is 6.22. The van der Waals surface area contributed by atoms with E-state index < -0.39 is 12.1 Å². The third-order valence-corrected chi connectivity index (χ3v) is 4.93. The Morgan fingerprint density at radius 2 is 1.86 bits per heavy atom. The van der Waals surface area contributed by atoms with Gasteiger partial charge in [-0.15, -0.1) is 0 Å². The van der Waals surface area contributed by atoms with Crippen LogP contribution in [0.5, 0.6) is 0 Å². The molecule has 0 aliphatic rings. The monoisotopic (exact) mass is 394 g/mol. The number of carbonyl (C=O) groups excluding carboxylic acids is 2. The highest BCUT2D eigenvalue weighted by atomic mass is 16.5. The van der Waals surface area contributed by atoms with Gasteiger partial charge in [-0.2, -0.15) is 0 Å². The minimum atomic E-state index is -0.888. The highest BCUT2D eigenvalue weighted by Crippen LogP contribution is 2.19. The van der Waals surface area contributed by atoms with Gasteiger partial charge in [-0.1, -0.05) is 29.8 Å². The number of nitrogens with zero attached hydrogens (tertiary/aromatic N) is 1. The molecule has 1 amide bonds. The second-order valence-corrected chi connectivity index (χ2v) is 7.20. The number of esters is 1. The van der Waals surface area contributed by atoms with Gasteiger partial charge in [0, 0.05) is 17.9 Å². The van der Waals surface area contributed by atoms with E-state index in [4.69, 9.17) is 9.15 Å². The van der Waals surface area contributed by atoms with Crippen LogP contribution >= 0.6 is 0 Å². The van der Waals surface area contributed by atoms with Gasteiger partial charge in [-0.05, 0) is 51.5 Å². The lowest BCUT2D eigenvalue weighted by Crippen LogP contribution is -2.35. The second kappa shape index (κ2) is 8.82. The molecule has 0 fully saturated rings. The molecule has 0 radical (unpaired) electrons. The predicted octanol–water partition coefficient (Wildman–Crippen LogP) is 3.92. The van der Waals surface area contributed by atoms with Gasteiger partial charge in [0.2, 0.25) is 0 Å². The first-order chi connectivity index (χ1) is 13.8. The first-order valence-corrected chi connectivity index (χ1v) is 9.58. The Labute approximate surface area is 170 Å². The van der Waals surface area contributed by atoms with Crippen molar-refractivity contribution in [3.05, 3.63) is 82.6 Å². The molecule has 6 heteroatoms. The van der Waals surface area contributed by atoms with E-state index in [-0.39, 0.29) is 5.91 Å². The molecule has 29 heavy (non-hydrogen) atoms. The number of nitrogens with one attached hydrogen (secondary N) is 1. The highest BCUT2D eigenvalue weighted by molar-refractivity contribution is 5.93. The van der Waals surface area contributed by atoms with Crippen molar-refractivity contribution in [1.82, 2.24) is 9.88 Å². The maximum atomic E-state index is 12.6. The summed E-state index contributed by atoms with van der Waals surface area (Å²) in [5, 5.41) is 2.80. The maximum Gasteiger partial charge on any atom is 0.340 e. The number of rotatable bonds is 7. The lowest BCUT2D eigenvalue weighted by Gasteiger charge is -2.14. The van der Waals surface area contributed by atoms with Gasteiger partial charge in [0.15, 0.2) is 6.10 Å². The summed E-state index contributed by atoms with van der Waals surface area (Å²) in [6, 6.07) is 13.4. The van der Waals surface area contributed by atoms with Gasteiger partial charge >= 0.3 is 5.97 Å². The quantitative estimate of drug-likeness (QED) is 0.617. The van der Waals surface area contributed by atoms with Gasteiger partial charge in [-0.25, -0.2) is 4.79 Å². The van der Waals surface area contributed by atoms with Crippen molar-refractivity contribution in [2.75, 3.05) is 0 Å². The first kappa shape index (κ1) is 20.5. The van der Waals surface area contributed by atoms with Crippen molar-refractivity contribution in [1.29, 1.82) is 0 Å². The molecule has 1 N–H and O–H groups in total. The minimum absolute atomic E-state index is 0.330. The van der Waals surface area contributed by atoms with Crippen LogP contribution in [0.1, 0.15) is 45.6 Å². The third-order valence-electron chi connectivity index (χ3n) is 4.93. The van der Waals surface area contributed by atoms with Crippen molar-refractivity contribution >= 4 is 11.9 Å². The summed E-state index contributed by atoms with van der Waals surface area (Å²) in [5.41, 5.74) is 4.29. The molecule has 0 aliphatic heterocycles. The lowest BCUT2D eigenvalue weighted by molar-refractivity contribution is -0.129. The van der Waals surface area contributed by atoms with Gasteiger partial charge < -0.3 is 19.0 Å². The molecule has 0 bridgehead atoms. The number of amides is 1. The molecule has 152 valence electrons. The number of aromatic nitrogens is 1. The topological polar surface area (TPSA) is 73.5 Å². The minimum Gasteiger partial charge on any atom is -0.467 e. The van der Waals surface area contributed by atoms with Crippen LogP contribution in [0.2, 0.25) is 0 Å². The Morgan fingerprint density at radius 3 is 2.52 bits per heavy atom. The highest BCUT2D eigenvalue weighted by Gasteiger charge is 2.22. The average molecular weight is 394 g/mol. The Morgan fingerprint density at radius 1 is 1.14 bits per heavy atom. The maximum absolute atomic E-state index is 12.6. The molecule has 0 aliphatic carbocycles. The molecular weight excluding hydrogens is 368 g/mol. The summed E-state index contributed by atoms with van der Waals surface area (Å²) in [6.45, 7) is 8.28. The SMILES string of the molecule is Cc1ccc(CNC(=O)[C@@H](C)OC(=O)c2cc(C)n(Cc3ccco3)c2C)cc1. The molecule has 6 nitrogen and oxygen atoms in total. The molecule has 0 saturated carbocycles. The van der Waals surface area contributed by atoms with Crippen LogP contribution in [0.4, 0.5) is 0 Å². The fourth-order valence-corrected chi connectivity index (χ4v) is 3.13. The molecule has 0 unspecified atom stereocenters. The number of furan rings is 1. The molecule has 0 spiro atoms. The Bertz CT molecular complexity index is 985. The van der Waals surface area contributed by atoms with Gasteiger partial charge in [0.05, 0.1) is 18.4 Å². The van der Waals surface area contributed by atoms with E-state index >= 15 is 0 Å². The van der Waals surface area contributed by atoms with Crippen LogP contribution in [0.25, 0.3) is 0 Å². The summed E-state index contributed by atoms with van der Waals surface area (Å²) >= 11 is 0. The van der Waals surface area contributed by atoms with Crippen LogP contribution in [-0.4, -0.2) is 22.5 Å². The largest absolute Gasteiger partial charge is 0.467 e. The van der Waals surface area contributed by atoms with Crippen LogP contribution < -0.4 is 5.32 Å². The fraction of sp³-hybridized carbons (Fsp3) is 0.304. The average Bonchev–Trinajstić information content (AvgIpc) is 3.31. The van der Waals surface area contributed by atoms with Gasteiger partial charge in [0.25, 0.3) is 5.91 Å². The molecule has 3 aromatic rings. The van der Waals surface area contributed by atoms with E-state index in [1.54, 1.807) is 19.3 Å². The number of hydrogen-bond acceptors (Lipinski definition) is 4. The summed E-state index contributed by atoms with van der Waals surface area (Å²) in [5.74, 6) is -0.0410. The number of carbonyl (C=O) groups is 2. The van der Waals surface area contributed by atoms with E-state index in [0.29, 0.717) is 18.7 Å². The van der Waals surface area contributed by atoms with E-state index in [1.807, 2.05) is 61.7 Å². The zero-order valence-electron chi connectivity index (χ0n) is 17.2. The summed E-state index contributed by atoms with van der Waals surface area (Å²) in [7, 11) is 0. The van der Waals surface area contributed by atoms with Crippen molar-refractivity contribution in [2.24, 2.45) is 0 Å². The summed E-state index contributed by atoms with van der Waals surface area (Å²) < 4.78 is 12.8. The number of benzene rings is 1. The van der Waals surface area contributed by atoms with Gasteiger partial charge in [-0.3, -0.25) is 4.79 Å². The fourth-order valence-electron chi connectivity index (χ4n) is 3.13. The molecule has 0 saturated heterocycles. The third kappa shape index (κ3) is 4.96. The molecule has 3 rings (SSSR count). The van der Waals surface area contributed by atoms with Crippen LogP contribution in [0, 0.1) is 20.8 Å². The van der Waals surface area contributed by atoms with Crippen LogP contribution in [-0.2, 0) is 22.6 Å². The van der Waals surface area contributed by atoms with E-state index in [2.05, 4.69) is 5.32 Å². The molecule has 2 aromatic heterocycles. The van der Waals surface area contributed by atoms with E-state index in [1.165, 1.54) is 0 Å². The molecule has 1 atom stereocenters. The zero-order chi connectivity index (χ0) is 21.0. The summed E-state index contributed by atoms with van der Waals surface area (Å²) in [6.07, 6.45) is 0.733. The van der Waals surface area contributed by atoms with Crippen LogP contribution in [0.3, 0.4) is 0 Å². The number of ether oxygens (including phenoxy) is 1.